The summed E-state index contributed by atoms with van der Waals surface area (Å²) in [6.45, 7) is 1.52. The molecule has 1 aromatic heterocycles. The van der Waals surface area contributed by atoms with E-state index in [2.05, 4.69) is 11.9 Å². The molecule has 1 aromatic carbocycles. The number of anilines is 1. The van der Waals surface area contributed by atoms with Crippen molar-refractivity contribution in [1.29, 1.82) is 0 Å². The molecule has 0 radical (unpaired) electrons. The van der Waals surface area contributed by atoms with Crippen molar-refractivity contribution in [2.24, 2.45) is 7.05 Å². The number of likely N-dealkylation sites (N-methyl/N-ethyl adjacent to an activating group) is 1. The Morgan fingerprint density at radius 3 is 2.44 bits per heavy atom. The highest BCUT2D eigenvalue weighted by atomic mass is 19.1. The Balaban J connectivity index is 1.83. The van der Waals surface area contributed by atoms with Gasteiger partial charge < -0.3 is 14.6 Å². The number of pyridine rings is 1. The number of aryl methyl sites for hydroxylation is 1. The van der Waals surface area contributed by atoms with Gasteiger partial charge in [-0.25, -0.2) is 9.18 Å². The lowest BCUT2D eigenvalue weighted by atomic mass is 10.1. The van der Waals surface area contributed by atoms with Crippen LogP contribution in [-0.2, 0) is 7.05 Å². The Labute approximate surface area is 144 Å². The number of carbonyl (C=O) groups is 1. The molecule has 2 unspecified atom stereocenters. The molecule has 2 saturated heterocycles. The maximum atomic E-state index is 14.8. The first-order chi connectivity index (χ1) is 11.9. The first-order valence-electron chi connectivity index (χ1n) is 8.40. The van der Waals surface area contributed by atoms with E-state index in [4.69, 9.17) is 5.11 Å². The number of hydrogen-bond acceptors (Lipinski definition) is 4. The Kier molecular flexibility index (Phi) is 3.57. The van der Waals surface area contributed by atoms with Gasteiger partial charge in [-0.15, -0.1) is 0 Å². The minimum absolute atomic E-state index is 0.0979. The standard InChI is InChI=1S/C18H20FN3O3/c1-20-9-13(18(24)25)17(23)12-5-14(19)16(6-15(12)20)22-7-10-3-4-11(8-22)21(10)2/h5-6,9-11H,3-4,7-8H2,1-2H3,(H,24,25). The van der Waals surface area contributed by atoms with Crippen LogP contribution >= 0.6 is 0 Å². The van der Waals surface area contributed by atoms with Crippen LogP contribution in [-0.4, -0.2) is 52.8 Å². The van der Waals surface area contributed by atoms with Gasteiger partial charge in [-0.1, -0.05) is 0 Å². The summed E-state index contributed by atoms with van der Waals surface area (Å²) in [6.07, 6.45) is 3.53. The van der Waals surface area contributed by atoms with E-state index in [0.717, 1.165) is 25.9 Å². The summed E-state index contributed by atoms with van der Waals surface area (Å²) >= 11 is 0. The zero-order valence-electron chi connectivity index (χ0n) is 14.2. The number of aromatic carboxylic acids is 1. The number of carboxylic acids is 1. The highest BCUT2D eigenvalue weighted by molar-refractivity contribution is 5.93. The summed E-state index contributed by atoms with van der Waals surface area (Å²) in [5, 5.41) is 9.25. The number of halogens is 1. The van der Waals surface area contributed by atoms with Crippen LogP contribution < -0.4 is 10.3 Å². The Morgan fingerprint density at radius 1 is 1.20 bits per heavy atom. The lowest BCUT2D eigenvalue weighted by Gasteiger charge is -2.40. The van der Waals surface area contributed by atoms with Crippen LogP contribution in [0.5, 0.6) is 0 Å². The SMILES string of the molecule is CN1C2CCC1CN(c1cc3c(cc1F)c(=O)c(C(=O)O)cn3C)C2. The highest BCUT2D eigenvalue weighted by Crippen LogP contribution is 2.33. The molecular formula is C18H20FN3O3. The van der Waals surface area contributed by atoms with E-state index in [1.54, 1.807) is 17.7 Å². The fourth-order valence-electron chi connectivity index (χ4n) is 4.20. The van der Waals surface area contributed by atoms with E-state index < -0.39 is 17.2 Å². The van der Waals surface area contributed by atoms with Gasteiger partial charge >= 0.3 is 5.97 Å². The molecule has 2 bridgehead atoms. The Hall–Kier alpha value is -2.41. The summed E-state index contributed by atoms with van der Waals surface area (Å²) in [6, 6.07) is 3.70. The summed E-state index contributed by atoms with van der Waals surface area (Å²) in [5.74, 6) is -1.78. The minimum atomic E-state index is -1.30. The average Bonchev–Trinajstić information content (AvgIpc) is 2.79. The Morgan fingerprint density at radius 2 is 1.84 bits per heavy atom. The predicted octanol–water partition coefficient (Wildman–Crippen LogP) is 1.66. The first kappa shape index (κ1) is 16.1. The average molecular weight is 345 g/mol. The summed E-state index contributed by atoms with van der Waals surface area (Å²) in [5.41, 5.74) is 0.0255. The second kappa shape index (κ2) is 5.56. The number of rotatable bonds is 2. The van der Waals surface area contributed by atoms with Gasteiger partial charge in [0, 0.05) is 43.8 Å². The molecule has 0 saturated carbocycles. The third-order valence-electron chi connectivity index (χ3n) is 5.68. The smallest absolute Gasteiger partial charge is 0.341 e. The van der Waals surface area contributed by atoms with E-state index in [9.17, 15) is 14.0 Å². The second-order valence-electron chi connectivity index (χ2n) is 7.06. The lowest BCUT2D eigenvalue weighted by Crippen LogP contribution is -2.52. The number of nitrogens with zero attached hydrogens (tertiary/aromatic N) is 3. The van der Waals surface area contributed by atoms with E-state index in [-0.39, 0.29) is 10.9 Å². The molecule has 6 nitrogen and oxygen atoms in total. The molecule has 0 amide bonds. The molecule has 2 aromatic rings. The molecule has 0 aliphatic carbocycles. The van der Waals surface area contributed by atoms with Crippen LogP contribution in [0.3, 0.4) is 0 Å². The largest absolute Gasteiger partial charge is 0.477 e. The zero-order valence-corrected chi connectivity index (χ0v) is 14.2. The molecule has 25 heavy (non-hydrogen) atoms. The van der Waals surface area contributed by atoms with Crippen molar-refractivity contribution in [2.45, 2.75) is 24.9 Å². The number of fused-ring (bicyclic) bond motifs is 3. The Bertz CT molecular complexity index is 925. The molecule has 132 valence electrons. The van der Waals surface area contributed by atoms with Gasteiger partial charge in [0.15, 0.2) is 0 Å². The van der Waals surface area contributed by atoms with Crippen molar-refractivity contribution in [3.05, 3.63) is 39.9 Å². The highest BCUT2D eigenvalue weighted by Gasteiger charge is 2.38. The third-order valence-corrected chi connectivity index (χ3v) is 5.68. The van der Waals surface area contributed by atoms with Crippen molar-refractivity contribution < 1.29 is 14.3 Å². The van der Waals surface area contributed by atoms with E-state index in [1.807, 2.05) is 4.90 Å². The van der Waals surface area contributed by atoms with Crippen LogP contribution in [0, 0.1) is 5.82 Å². The van der Waals surface area contributed by atoms with Crippen molar-refractivity contribution in [3.63, 3.8) is 0 Å². The number of benzene rings is 1. The zero-order chi connectivity index (χ0) is 17.9. The number of hydrogen-bond donors (Lipinski definition) is 1. The summed E-state index contributed by atoms with van der Waals surface area (Å²) in [4.78, 5) is 28.0. The van der Waals surface area contributed by atoms with Crippen molar-refractivity contribution in [1.82, 2.24) is 9.47 Å². The van der Waals surface area contributed by atoms with Crippen molar-refractivity contribution in [2.75, 3.05) is 25.0 Å². The molecule has 4 rings (SSSR count). The maximum absolute atomic E-state index is 14.8. The van der Waals surface area contributed by atoms with E-state index in [0.29, 0.717) is 23.3 Å². The van der Waals surface area contributed by atoms with Gasteiger partial charge in [0.1, 0.15) is 11.4 Å². The van der Waals surface area contributed by atoms with Gasteiger partial charge in [-0.3, -0.25) is 9.69 Å². The van der Waals surface area contributed by atoms with Gasteiger partial charge in [-0.05, 0) is 32.0 Å². The monoisotopic (exact) mass is 345 g/mol. The molecule has 2 aliphatic rings. The van der Waals surface area contributed by atoms with Crippen LogP contribution in [0.4, 0.5) is 10.1 Å². The predicted molar refractivity (Wildman–Crippen MR) is 92.9 cm³/mol. The minimum Gasteiger partial charge on any atom is -0.477 e. The molecule has 0 spiro atoms. The number of carboxylic acid groups (broad SMARTS) is 1. The molecule has 7 heteroatoms. The lowest BCUT2D eigenvalue weighted by molar-refractivity contribution is 0.0695. The van der Waals surface area contributed by atoms with Crippen LogP contribution in [0.1, 0.15) is 23.2 Å². The topological polar surface area (TPSA) is 65.8 Å². The second-order valence-corrected chi connectivity index (χ2v) is 7.06. The summed E-state index contributed by atoms with van der Waals surface area (Å²) < 4.78 is 16.3. The maximum Gasteiger partial charge on any atom is 0.341 e. The van der Waals surface area contributed by atoms with E-state index >= 15 is 0 Å². The van der Waals surface area contributed by atoms with Crippen LogP contribution in [0.25, 0.3) is 10.9 Å². The van der Waals surface area contributed by atoms with Crippen molar-refractivity contribution >= 4 is 22.6 Å². The molecular weight excluding hydrogens is 325 g/mol. The molecule has 2 aliphatic heterocycles. The van der Waals surface area contributed by atoms with E-state index in [1.165, 1.54) is 12.3 Å². The first-order valence-corrected chi connectivity index (χ1v) is 8.40. The summed E-state index contributed by atoms with van der Waals surface area (Å²) in [7, 11) is 3.79. The van der Waals surface area contributed by atoms with Gasteiger partial charge in [0.25, 0.3) is 0 Å². The van der Waals surface area contributed by atoms with Gasteiger partial charge in [-0.2, -0.15) is 0 Å². The molecule has 2 atom stereocenters. The van der Waals surface area contributed by atoms with Crippen LogP contribution in [0.15, 0.2) is 23.1 Å². The molecule has 3 heterocycles. The fraction of sp³-hybridized carbons (Fsp3) is 0.444. The quantitative estimate of drug-likeness (QED) is 0.897. The molecule has 2 fully saturated rings. The third kappa shape index (κ3) is 2.41. The van der Waals surface area contributed by atoms with Crippen molar-refractivity contribution in [3.8, 4) is 0 Å². The normalized spacial score (nSPS) is 23.4. The number of piperazine rings is 1. The van der Waals surface area contributed by atoms with Crippen LogP contribution in [0.2, 0.25) is 0 Å². The molecule has 1 N–H and O–H groups in total. The van der Waals surface area contributed by atoms with Gasteiger partial charge in [0.05, 0.1) is 11.2 Å². The van der Waals surface area contributed by atoms with Gasteiger partial charge in [0.2, 0.25) is 5.43 Å². The number of aromatic nitrogens is 1. The fourth-order valence-corrected chi connectivity index (χ4v) is 4.20.